The molecule has 0 aliphatic heterocycles. The first-order chi connectivity index (χ1) is 12.0. The van der Waals surface area contributed by atoms with Crippen molar-refractivity contribution in [1.82, 2.24) is 15.2 Å². The minimum absolute atomic E-state index is 0.490. The van der Waals surface area contributed by atoms with Gasteiger partial charge in [-0.1, -0.05) is 47.5 Å². The molecular formula is C20H23N5. The van der Waals surface area contributed by atoms with Crippen LogP contribution in [0, 0.1) is 27.7 Å². The highest BCUT2D eigenvalue weighted by molar-refractivity contribution is 5.64. The van der Waals surface area contributed by atoms with E-state index in [9.17, 15) is 0 Å². The van der Waals surface area contributed by atoms with E-state index in [0.717, 1.165) is 5.69 Å². The van der Waals surface area contributed by atoms with Gasteiger partial charge in [-0.3, -0.25) is 0 Å². The molecule has 1 aromatic heterocycles. The van der Waals surface area contributed by atoms with Crippen LogP contribution in [-0.4, -0.2) is 15.2 Å². The fourth-order valence-corrected chi connectivity index (χ4v) is 2.83. The van der Waals surface area contributed by atoms with Crippen molar-refractivity contribution < 1.29 is 0 Å². The Morgan fingerprint density at radius 3 is 2.24 bits per heavy atom. The molecule has 2 aromatic carbocycles. The van der Waals surface area contributed by atoms with Crippen LogP contribution in [0.5, 0.6) is 0 Å². The number of aromatic nitrogens is 3. The average molecular weight is 333 g/mol. The Kier molecular flexibility index (Phi) is 4.93. The van der Waals surface area contributed by atoms with E-state index < -0.39 is 0 Å². The van der Waals surface area contributed by atoms with Gasteiger partial charge in [0, 0.05) is 12.2 Å². The Morgan fingerprint density at radius 2 is 1.56 bits per heavy atom. The summed E-state index contributed by atoms with van der Waals surface area (Å²) in [5.74, 6) is 1.18. The second-order valence-electron chi connectivity index (χ2n) is 6.40. The van der Waals surface area contributed by atoms with Crippen LogP contribution in [0.1, 0.15) is 27.8 Å². The third-order valence-electron chi connectivity index (χ3n) is 4.07. The Bertz CT molecular complexity index is 849. The smallest absolute Gasteiger partial charge is 0.249 e. The van der Waals surface area contributed by atoms with Gasteiger partial charge in [0.2, 0.25) is 5.95 Å². The van der Waals surface area contributed by atoms with Crippen LogP contribution in [0.4, 0.5) is 17.5 Å². The zero-order valence-corrected chi connectivity index (χ0v) is 15.1. The molecule has 0 radical (unpaired) electrons. The Hall–Kier alpha value is -2.95. The summed E-state index contributed by atoms with van der Waals surface area (Å²) in [5.41, 5.74) is 7.06. The number of benzene rings is 2. The fourth-order valence-electron chi connectivity index (χ4n) is 2.83. The molecule has 0 aliphatic carbocycles. The molecule has 3 rings (SSSR count). The maximum absolute atomic E-state index is 4.51. The number of hydrogen-bond acceptors (Lipinski definition) is 5. The summed E-state index contributed by atoms with van der Waals surface area (Å²) in [6, 6.07) is 12.7. The highest BCUT2D eigenvalue weighted by Crippen LogP contribution is 2.24. The first-order valence-electron chi connectivity index (χ1n) is 8.35. The normalized spacial score (nSPS) is 10.6. The lowest BCUT2D eigenvalue weighted by atomic mass is 10.1. The van der Waals surface area contributed by atoms with E-state index in [1.54, 1.807) is 6.20 Å². The van der Waals surface area contributed by atoms with E-state index in [-0.39, 0.29) is 0 Å². The standard InChI is InChI=1S/C20H23N5/c1-13-5-7-17(8-6-13)11-21-18-12-22-25-20(23-18)24-19-15(3)9-14(2)10-16(19)4/h5-10,12H,11H2,1-4H3,(H2,21,23,24,25). The highest BCUT2D eigenvalue weighted by Gasteiger charge is 2.07. The molecule has 3 aromatic rings. The Morgan fingerprint density at radius 1 is 0.880 bits per heavy atom. The lowest BCUT2D eigenvalue weighted by molar-refractivity contribution is 0.964. The van der Waals surface area contributed by atoms with E-state index in [2.05, 4.69) is 89.9 Å². The third kappa shape index (κ3) is 4.32. The van der Waals surface area contributed by atoms with Crippen molar-refractivity contribution in [3.05, 3.63) is 70.4 Å². The molecule has 25 heavy (non-hydrogen) atoms. The molecule has 0 saturated heterocycles. The molecule has 1 heterocycles. The van der Waals surface area contributed by atoms with Gasteiger partial charge in [0.05, 0.1) is 6.20 Å². The summed E-state index contributed by atoms with van der Waals surface area (Å²) in [4.78, 5) is 4.51. The summed E-state index contributed by atoms with van der Waals surface area (Å²) >= 11 is 0. The van der Waals surface area contributed by atoms with Crippen LogP contribution in [-0.2, 0) is 6.54 Å². The van der Waals surface area contributed by atoms with Crippen molar-refractivity contribution in [2.24, 2.45) is 0 Å². The Labute approximate surface area is 148 Å². The van der Waals surface area contributed by atoms with Crippen molar-refractivity contribution in [1.29, 1.82) is 0 Å². The lowest BCUT2D eigenvalue weighted by Crippen LogP contribution is -2.07. The quantitative estimate of drug-likeness (QED) is 0.722. The van der Waals surface area contributed by atoms with Gasteiger partial charge >= 0.3 is 0 Å². The van der Waals surface area contributed by atoms with Crippen molar-refractivity contribution in [2.75, 3.05) is 10.6 Å². The van der Waals surface area contributed by atoms with Crippen LogP contribution >= 0.6 is 0 Å². The van der Waals surface area contributed by atoms with E-state index in [1.165, 1.54) is 27.8 Å². The van der Waals surface area contributed by atoms with Gasteiger partial charge in [-0.05, 0) is 44.4 Å². The van der Waals surface area contributed by atoms with E-state index in [0.29, 0.717) is 18.3 Å². The molecule has 5 heteroatoms. The number of anilines is 3. The number of nitrogens with one attached hydrogen (secondary N) is 2. The predicted molar refractivity (Wildman–Crippen MR) is 102 cm³/mol. The van der Waals surface area contributed by atoms with Crippen LogP contribution in [0.3, 0.4) is 0 Å². The molecule has 0 fully saturated rings. The molecule has 0 saturated carbocycles. The molecule has 2 N–H and O–H groups in total. The first-order valence-corrected chi connectivity index (χ1v) is 8.35. The van der Waals surface area contributed by atoms with Crippen LogP contribution < -0.4 is 10.6 Å². The molecule has 0 spiro atoms. The number of aryl methyl sites for hydroxylation is 4. The molecule has 0 aliphatic rings. The summed E-state index contributed by atoms with van der Waals surface area (Å²) in [6.07, 6.45) is 1.63. The zero-order valence-electron chi connectivity index (χ0n) is 15.1. The molecule has 0 atom stereocenters. The summed E-state index contributed by atoms with van der Waals surface area (Å²) in [5, 5.41) is 14.7. The highest BCUT2D eigenvalue weighted by atomic mass is 15.3. The fraction of sp³-hybridized carbons (Fsp3) is 0.250. The topological polar surface area (TPSA) is 62.7 Å². The summed E-state index contributed by atoms with van der Waals surface area (Å²) in [7, 11) is 0. The molecule has 128 valence electrons. The van der Waals surface area contributed by atoms with Crippen LogP contribution in [0.15, 0.2) is 42.6 Å². The SMILES string of the molecule is Cc1ccc(CNc2cnnc(Nc3c(C)cc(C)cc3C)n2)cc1. The molecule has 0 unspecified atom stereocenters. The van der Waals surface area contributed by atoms with Gasteiger partial charge in [0.1, 0.15) is 0 Å². The van der Waals surface area contributed by atoms with Crippen molar-refractivity contribution in [3.8, 4) is 0 Å². The van der Waals surface area contributed by atoms with Crippen molar-refractivity contribution in [3.63, 3.8) is 0 Å². The number of rotatable bonds is 5. The predicted octanol–water partition coefficient (Wildman–Crippen LogP) is 4.46. The maximum Gasteiger partial charge on any atom is 0.249 e. The Balaban J connectivity index is 1.72. The van der Waals surface area contributed by atoms with Gasteiger partial charge in [0.25, 0.3) is 0 Å². The zero-order chi connectivity index (χ0) is 17.8. The lowest BCUT2D eigenvalue weighted by Gasteiger charge is -2.13. The van der Waals surface area contributed by atoms with E-state index in [4.69, 9.17) is 0 Å². The molecular weight excluding hydrogens is 310 g/mol. The monoisotopic (exact) mass is 333 g/mol. The second-order valence-corrected chi connectivity index (χ2v) is 6.40. The van der Waals surface area contributed by atoms with E-state index in [1.807, 2.05) is 0 Å². The largest absolute Gasteiger partial charge is 0.365 e. The molecule has 0 amide bonds. The molecule has 0 bridgehead atoms. The summed E-state index contributed by atoms with van der Waals surface area (Å²) in [6.45, 7) is 9.03. The van der Waals surface area contributed by atoms with Gasteiger partial charge in [-0.2, -0.15) is 10.1 Å². The third-order valence-corrected chi connectivity index (χ3v) is 4.07. The minimum Gasteiger partial charge on any atom is -0.365 e. The first kappa shape index (κ1) is 16.9. The van der Waals surface area contributed by atoms with Crippen LogP contribution in [0.25, 0.3) is 0 Å². The maximum atomic E-state index is 4.51. The number of hydrogen-bond donors (Lipinski definition) is 2. The van der Waals surface area contributed by atoms with Crippen molar-refractivity contribution in [2.45, 2.75) is 34.2 Å². The van der Waals surface area contributed by atoms with Gasteiger partial charge in [-0.15, -0.1) is 5.10 Å². The summed E-state index contributed by atoms with van der Waals surface area (Å²) < 4.78 is 0. The minimum atomic E-state index is 0.490. The number of nitrogens with zero attached hydrogens (tertiary/aromatic N) is 3. The van der Waals surface area contributed by atoms with Gasteiger partial charge in [0.15, 0.2) is 5.82 Å². The van der Waals surface area contributed by atoms with E-state index >= 15 is 0 Å². The molecule has 5 nitrogen and oxygen atoms in total. The van der Waals surface area contributed by atoms with Gasteiger partial charge in [-0.25, -0.2) is 0 Å². The second kappa shape index (κ2) is 7.30. The van der Waals surface area contributed by atoms with Crippen LogP contribution in [0.2, 0.25) is 0 Å². The van der Waals surface area contributed by atoms with Crippen molar-refractivity contribution >= 4 is 17.5 Å². The average Bonchev–Trinajstić information content (AvgIpc) is 2.58. The van der Waals surface area contributed by atoms with Gasteiger partial charge < -0.3 is 10.6 Å².